The average Bonchev–Trinajstić information content (AvgIpc) is 3.58. The zero-order valence-corrected chi connectivity index (χ0v) is 21.2. The van der Waals surface area contributed by atoms with Gasteiger partial charge >= 0.3 is 0 Å². The number of rotatable bonds is 9. The molecule has 0 radical (unpaired) electrons. The minimum absolute atomic E-state index is 0.00977. The smallest absolute Gasteiger partial charge is 0.244 e. The van der Waals surface area contributed by atoms with E-state index in [2.05, 4.69) is 41.5 Å². The third kappa shape index (κ3) is 6.32. The van der Waals surface area contributed by atoms with Crippen LogP contribution in [-0.4, -0.2) is 44.2 Å². The quantitative estimate of drug-likeness (QED) is 0.322. The molecule has 1 saturated heterocycles. The molecule has 0 N–H and O–H groups in total. The van der Waals surface area contributed by atoms with Crippen LogP contribution >= 0.6 is 0 Å². The van der Waals surface area contributed by atoms with Gasteiger partial charge in [0, 0.05) is 19.2 Å². The van der Waals surface area contributed by atoms with E-state index in [0.717, 1.165) is 12.0 Å². The van der Waals surface area contributed by atoms with E-state index >= 15 is 0 Å². The third-order valence-corrected chi connectivity index (χ3v) is 6.84. The van der Waals surface area contributed by atoms with Gasteiger partial charge in [-0.05, 0) is 73.2 Å². The number of ketones is 1. The van der Waals surface area contributed by atoms with E-state index in [1.54, 1.807) is 35.4 Å². The van der Waals surface area contributed by atoms with Crippen LogP contribution in [0, 0.1) is 18.7 Å². The summed E-state index contributed by atoms with van der Waals surface area (Å²) in [4.78, 5) is 28.4. The lowest BCUT2D eigenvalue weighted by atomic mass is 9.94. The normalized spacial score (nSPS) is 16.9. The van der Waals surface area contributed by atoms with Gasteiger partial charge in [0.25, 0.3) is 0 Å². The first-order chi connectivity index (χ1) is 18.4. The lowest BCUT2D eigenvalue weighted by Gasteiger charge is -2.23. The van der Waals surface area contributed by atoms with Gasteiger partial charge < -0.3 is 9.64 Å². The highest BCUT2D eigenvalue weighted by Gasteiger charge is 2.39. The van der Waals surface area contributed by atoms with Crippen molar-refractivity contribution < 1.29 is 18.7 Å². The molecule has 4 aromatic rings. The molecule has 0 aliphatic carbocycles. The Morgan fingerprint density at radius 3 is 2.26 bits per heavy atom. The SMILES string of the molecule is Cc1ccc(C[C@@H]2C[C@@H](C(=O)Cc3ccc(Oc4ccc(F)cc4)cc3)N(C(=O)Cn3ccnn3)C2)cc1. The molecule has 2 heterocycles. The number of amides is 1. The second-order valence-electron chi connectivity index (χ2n) is 9.80. The third-order valence-electron chi connectivity index (χ3n) is 6.84. The molecule has 0 bridgehead atoms. The van der Waals surface area contributed by atoms with Crippen molar-refractivity contribution >= 4 is 11.7 Å². The predicted molar refractivity (Wildman–Crippen MR) is 140 cm³/mol. The van der Waals surface area contributed by atoms with Gasteiger partial charge in [-0.3, -0.25) is 9.59 Å². The molecule has 1 amide bonds. The summed E-state index contributed by atoms with van der Waals surface area (Å²) in [6, 6.07) is 21.0. The van der Waals surface area contributed by atoms with Crippen molar-refractivity contribution in [1.29, 1.82) is 0 Å². The molecule has 1 aliphatic heterocycles. The van der Waals surface area contributed by atoms with E-state index in [9.17, 15) is 14.0 Å². The molecule has 38 heavy (non-hydrogen) atoms. The molecule has 2 atom stereocenters. The standard InChI is InChI=1S/C30H29FN4O3/c1-21-2-4-22(5-3-21)16-24-17-28(35(19-24)30(37)20-34-15-14-32-33-34)29(36)18-23-6-10-26(11-7-23)38-27-12-8-25(31)9-13-27/h2-15,24,28H,16-20H2,1H3/t24-,28+/m1/s1. The Bertz CT molecular complexity index is 1370. The highest BCUT2D eigenvalue weighted by molar-refractivity contribution is 5.91. The van der Waals surface area contributed by atoms with Gasteiger partial charge in [-0.25, -0.2) is 9.07 Å². The fourth-order valence-corrected chi connectivity index (χ4v) is 4.89. The monoisotopic (exact) mass is 512 g/mol. The van der Waals surface area contributed by atoms with Crippen molar-refractivity contribution in [2.24, 2.45) is 5.92 Å². The summed E-state index contributed by atoms with van der Waals surface area (Å²) in [5.41, 5.74) is 3.24. The Morgan fingerprint density at radius 2 is 1.61 bits per heavy atom. The number of carbonyl (C=O) groups excluding carboxylic acids is 2. The van der Waals surface area contributed by atoms with Crippen LogP contribution in [0.2, 0.25) is 0 Å². The summed E-state index contributed by atoms with van der Waals surface area (Å²) in [7, 11) is 0. The van der Waals surface area contributed by atoms with Gasteiger partial charge in [0.05, 0.1) is 12.2 Å². The van der Waals surface area contributed by atoms with E-state index in [-0.39, 0.29) is 36.4 Å². The van der Waals surface area contributed by atoms with Crippen LogP contribution in [0.3, 0.4) is 0 Å². The number of ether oxygens (including phenoxy) is 1. The summed E-state index contributed by atoms with van der Waals surface area (Å²) < 4.78 is 20.4. The molecule has 194 valence electrons. The first-order valence-electron chi connectivity index (χ1n) is 12.7. The van der Waals surface area contributed by atoms with Gasteiger partial charge in [-0.1, -0.05) is 47.2 Å². The second-order valence-corrected chi connectivity index (χ2v) is 9.80. The van der Waals surface area contributed by atoms with Crippen LogP contribution < -0.4 is 4.74 Å². The van der Waals surface area contributed by atoms with E-state index in [0.29, 0.717) is 24.5 Å². The molecular formula is C30H29FN4O3. The molecule has 8 heteroatoms. The molecule has 1 fully saturated rings. The van der Waals surface area contributed by atoms with Gasteiger partial charge in [0.2, 0.25) is 5.91 Å². The first-order valence-corrected chi connectivity index (χ1v) is 12.7. The number of likely N-dealkylation sites (tertiary alicyclic amines) is 1. The maximum Gasteiger partial charge on any atom is 0.244 e. The minimum atomic E-state index is -0.489. The number of carbonyl (C=O) groups is 2. The number of aryl methyl sites for hydroxylation is 1. The van der Waals surface area contributed by atoms with Crippen LogP contribution in [-0.2, 0) is 29.0 Å². The molecule has 5 rings (SSSR count). The molecule has 7 nitrogen and oxygen atoms in total. The highest BCUT2D eigenvalue weighted by atomic mass is 19.1. The molecule has 0 spiro atoms. The van der Waals surface area contributed by atoms with Crippen molar-refractivity contribution in [2.45, 2.75) is 38.8 Å². The van der Waals surface area contributed by atoms with E-state index in [4.69, 9.17) is 4.74 Å². The second kappa shape index (κ2) is 11.4. The van der Waals surface area contributed by atoms with E-state index < -0.39 is 6.04 Å². The Hall–Kier alpha value is -4.33. The van der Waals surface area contributed by atoms with Crippen molar-refractivity contribution in [3.63, 3.8) is 0 Å². The topological polar surface area (TPSA) is 77.3 Å². The summed E-state index contributed by atoms with van der Waals surface area (Å²) in [6.45, 7) is 2.64. The maximum atomic E-state index is 13.5. The van der Waals surface area contributed by atoms with Gasteiger partial charge in [-0.2, -0.15) is 0 Å². The average molecular weight is 513 g/mol. The van der Waals surface area contributed by atoms with E-state index in [1.165, 1.54) is 34.1 Å². The van der Waals surface area contributed by atoms with Crippen molar-refractivity contribution in [2.75, 3.05) is 6.54 Å². The van der Waals surface area contributed by atoms with Crippen molar-refractivity contribution in [1.82, 2.24) is 19.9 Å². The predicted octanol–water partition coefficient (Wildman–Crippen LogP) is 4.79. The molecular weight excluding hydrogens is 483 g/mol. The van der Waals surface area contributed by atoms with Crippen LogP contribution in [0.15, 0.2) is 85.2 Å². The van der Waals surface area contributed by atoms with Gasteiger partial charge in [0.15, 0.2) is 5.78 Å². The zero-order valence-electron chi connectivity index (χ0n) is 21.2. The fourth-order valence-electron chi connectivity index (χ4n) is 4.89. The number of nitrogens with zero attached hydrogens (tertiary/aromatic N) is 4. The number of hydrogen-bond donors (Lipinski definition) is 0. The Kier molecular flexibility index (Phi) is 7.58. The van der Waals surface area contributed by atoms with Gasteiger partial charge in [-0.15, -0.1) is 5.10 Å². The number of Topliss-reactive ketones (excluding diaryl/α,β-unsaturated/α-hetero) is 1. The maximum absolute atomic E-state index is 13.5. The number of hydrogen-bond acceptors (Lipinski definition) is 5. The lowest BCUT2D eigenvalue weighted by molar-refractivity contribution is -0.138. The number of aromatic nitrogens is 3. The van der Waals surface area contributed by atoms with Crippen molar-refractivity contribution in [3.8, 4) is 11.5 Å². The summed E-state index contributed by atoms with van der Waals surface area (Å²) in [6.07, 6.45) is 4.83. The van der Waals surface area contributed by atoms with E-state index in [1.807, 2.05) is 12.1 Å². The number of halogens is 1. The van der Waals surface area contributed by atoms with Crippen LogP contribution in [0.25, 0.3) is 0 Å². The Morgan fingerprint density at radius 1 is 0.947 bits per heavy atom. The molecule has 1 aliphatic rings. The lowest BCUT2D eigenvalue weighted by Crippen LogP contribution is -2.42. The van der Waals surface area contributed by atoms with Crippen LogP contribution in [0.5, 0.6) is 11.5 Å². The minimum Gasteiger partial charge on any atom is -0.457 e. The molecule has 3 aromatic carbocycles. The van der Waals surface area contributed by atoms with Crippen LogP contribution in [0.4, 0.5) is 4.39 Å². The zero-order chi connectivity index (χ0) is 26.5. The summed E-state index contributed by atoms with van der Waals surface area (Å²) in [5.74, 6) is 0.864. The Labute approximate surface area is 220 Å². The molecule has 1 aromatic heterocycles. The first kappa shape index (κ1) is 25.3. The summed E-state index contributed by atoms with van der Waals surface area (Å²) in [5, 5.41) is 7.68. The van der Waals surface area contributed by atoms with Crippen LogP contribution in [0.1, 0.15) is 23.1 Å². The fraction of sp³-hybridized carbons (Fsp3) is 0.267. The number of benzene rings is 3. The highest BCUT2D eigenvalue weighted by Crippen LogP contribution is 2.29. The summed E-state index contributed by atoms with van der Waals surface area (Å²) >= 11 is 0. The Balaban J connectivity index is 1.26. The molecule has 0 unspecified atom stereocenters. The van der Waals surface area contributed by atoms with Gasteiger partial charge in [0.1, 0.15) is 23.9 Å². The largest absolute Gasteiger partial charge is 0.457 e. The molecule has 0 saturated carbocycles. The van der Waals surface area contributed by atoms with Crippen molar-refractivity contribution in [3.05, 3.63) is 108 Å².